The van der Waals surface area contributed by atoms with Crippen molar-refractivity contribution in [1.82, 2.24) is 25.2 Å². The molecule has 2 saturated heterocycles. The molecule has 2 fully saturated rings. The highest BCUT2D eigenvalue weighted by molar-refractivity contribution is 6.04. The highest BCUT2D eigenvalue weighted by Gasteiger charge is 2.37. The molecule has 0 bridgehead atoms. The number of carbonyl (C=O) groups excluding carboxylic acids is 2. The molecular formula is C26H29FN6O3. The molecule has 0 spiro atoms. The molecule has 2 aromatic heterocycles. The Morgan fingerprint density at radius 2 is 2.03 bits per heavy atom. The summed E-state index contributed by atoms with van der Waals surface area (Å²) in [6, 6.07) is 6.03. The lowest BCUT2D eigenvalue weighted by Crippen LogP contribution is -2.61. The van der Waals surface area contributed by atoms with Crippen molar-refractivity contribution in [3.05, 3.63) is 66.3 Å². The number of nitrogens with one attached hydrogen (secondary N) is 2. The van der Waals surface area contributed by atoms with Crippen LogP contribution >= 0.6 is 0 Å². The Morgan fingerprint density at radius 1 is 1.25 bits per heavy atom. The number of piperazine rings is 1. The van der Waals surface area contributed by atoms with Gasteiger partial charge in [0.2, 0.25) is 5.91 Å². The number of aromatic nitrogens is 3. The smallest absolute Gasteiger partial charge is 0.255 e. The van der Waals surface area contributed by atoms with Gasteiger partial charge in [-0.15, -0.1) is 0 Å². The van der Waals surface area contributed by atoms with Crippen LogP contribution in [0.25, 0.3) is 11.2 Å². The van der Waals surface area contributed by atoms with Gasteiger partial charge in [0.05, 0.1) is 36.6 Å². The Labute approximate surface area is 208 Å². The number of H-pyrrole nitrogens is 1. The number of halogens is 1. The number of hydrogen-bond acceptors (Lipinski definition) is 6. The number of anilines is 1. The summed E-state index contributed by atoms with van der Waals surface area (Å²) >= 11 is 0. The van der Waals surface area contributed by atoms with Crippen LogP contribution in [0.1, 0.15) is 35.7 Å². The van der Waals surface area contributed by atoms with E-state index >= 15 is 0 Å². The van der Waals surface area contributed by atoms with Crippen LogP contribution in [0, 0.1) is 5.82 Å². The first-order valence-electron chi connectivity index (χ1n) is 11.9. The predicted octanol–water partition coefficient (Wildman–Crippen LogP) is 2.62. The highest BCUT2D eigenvalue weighted by atomic mass is 19.1. The van der Waals surface area contributed by atoms with Gasteiger partial charge in [-0.3, -0.25) is 9.59 Å². The standard InChI is InChI=1S/C26H29FN6O3/c1-4-22(34)33-10-9-32(15-26(33,2)3)21-12-29-24-23(31-21)18(11-28-24)25(35)30-20-14-36-13-19(20)16-5-7-17(27)8-6-16/h4-8,11-12,19-20H,1,9-10,13-15H2,2-3H3,(H,28,29)(H,30,35)/t19-,20-/m1/s1. The third kappa shape index (κ3) is 4.44. The summed E-state index contributed by atoms with van der Waals surface area (Å²) < 4.78 is 19.0. The van der Waals surface area contributed by atoms with Crippen LogP contribution in [0.5, 0.6) is 0 Å². The summed E-state index contributed by atoms with van der Waals surface area (Å²) in [5.74, 6) is -0.109. The quantitative estimate of drug-likeness (QED) is 0.531. The van der Waals surface area contributed by atoms with Gasteiger partial charge in [-0.25, -0.2) is 14.4 Å². The first kappa shape index (κ1) is 23.9. The Balaban J connectivity index is 1.35. The molecule has 2 aliphatic heterocycles. The molecule has 2 amide bonds. The number of nitrogens with zero attached hydrogens (tertiary/aromatic N) is 4. The Hall–Kier alpha value is -3.79. The average Bonchev–Trinajstić information content (AvgIpc) is 3.50. The third-order valence-electron chi connectivity index (χ3n) is 6.97. The topological polar surface area (TPSA) is 103 Å². The lowest BCUT2D eigenvalue weighted by molar-refractivity contribution is -0.131. The van der Waals surface area contributed by atoms with Gasteiger partial charge < -0.3 is 24.8 Å². The molecule has 36 heavy (non-hydrogen) atoms. The molecule has 188 valence electrons. The van der Waals surface area contributed by atoms with Gasteiger partial charge in [0.1, 0.15) is 17.2 Å². The second kappa shape index (κ2) is 9.34. The molecule has 3 aromatic rings. The van der Waals surface area contributed by atoms with Gasteiger partial charge in [-0.05, 0) is 37.6 Å². The fourth-order valence-corrected chi connectivity index (χ4v) is 5.06. The summed E-state index contributed by atoms with van der Waals surface area (Å²) in [6.45, 7) is 10.1. The van der Waals surface area contributed by atoms with Crippen LogP contribution in [0.4, 0.5) is 10.2 Å². The zero-order valence-corrected chi connectivity index (χ0v) is 20.3. The molecule has 2 N–H and O–H groups in total. The van der Waals surface area contributed by atoms with E-state index < -0.39 is 5.54 Å². The lowest BCUT2D eigenvalue weighted by Gasteiger charge is -2.47. The van der Waals surface area contributed by atoms with E-state index in [9.17, 15) is 14.0 Å². The van der Waals surface area contributed by atoms with Crippen molar-refractivity contribution in [2.75, 3.05) is 37.7 Å². The number of ether oxygens (including phenoxy) is 1. The minimum absolute atomic E-state index is 0.0711. The lowest BCUT2D eigenvalue weighted by atomic mass is 9.94. The van der Waals surface area contributed by atoms with E-state index in [0.29, 0.717) is 55.4 Å². The van der Waals surface area contributed by atoms with E-state index in [1.165, 1.54) is 18.2 Å². The minimum atomic E-state index is -0.420. The average molecular weight is 493 g/mol. The summed E-state index contributed by atoms with van der Waals surface area (Å²) in [7, 11) is 0. The van der Waals surface area contributed by atoms with Crippen molar-refractivity contribution in [3.8, 4) is 0 Å². The second-order valence-electron chi connectivity index (χ2n) is 9.83. The van der Waals surface area contributed by atoms with Crippen molar-refractivity contribution >= 4 is 28.8 Å². The maximum absolute atomic E-state index is 13.4. The number of amides is 2. The summed E-state index contributed by atoms with van der Waals surface area (Å²) in [4.78, 5) is 41.7. The van der Waals surface area contributed by atoms with E-state index in [2.05, 4.69) is 26.8 Å². The second-order valence-corrected chi connectivity index (χ2v) is 9.83. The molecule has 10 heteroatoms. The van der Waals surface area contributed by atoms with Crippen molar-refractivity contribution in [2.24, 2.45) is 0 Å². The van der Waals surface area contributed by atoms with Gasteiger partial charge in [0.25, 0.3) is 5.91 Å². The maximum Gasteiger partial charge on any atom is 0.255 e. The van der Waals surface area contributed by atoms with Crippen LogP contribution in [0.15, 0.2) is 49.3 Å². The fourth-order valence-electron chi connectivity index (χ4n) is 5.06. The van der Waals surface area contributed by atoms with E-state index in [4.69, 9.17) is 9.72 Å². The van der Waals surface area contributed by atoms with Gasteiger partial charge in [-0.1, -0.05) is 18.7 Å². The SMILES string of the molecule is C=CC(=O)N1CCN(c2cnc3[nH]cc(C(=O)N[C@@H]4COC[C@@H]4c4ccc(F)cc4)c3n2)CC1(C)C. The zero-order chi connectivity index (χ0) is 25.4. The molecule has 0 aliphatic carbocycles. The van der Waals surface area contributed by atoms with E-state index in [0.717, 1.165) is 5.56 Å². The molecule has 0 saturated carbocycles. The predicted molar refractivity (Wildman–Crippen MR) is 133 cm³/mol. The molecule has 9 nitrogen and oxygen atoms in total. The van der Waals surface area contributed by atoms with Crippen LogP contribution in [-0.2, 0) is 9.53 Å². The number of fused-ring (bicyclic) bond motifs is 1. The monoisotopic (exact) mass is 492 g/mol. The van der Waals surface area contributed by atoms with Crippen molar-refractivity contribution in [2.45, 2.75) is 31.3 Å². The van der Waals surface area contributed by atoms with E-state index in [1.54, 1.807) is 29.4 Å². The van der Waals surface area contributed by atoms with Crippen LogP contribution in [-0.4, -0.2) is 76.1 Å². The van der Waals surface area contributed by atoms with Crippen LogP contribution < -0.4 is 10.2 Å². The van der Waals surface area contributed by atoms with E-state index in [1.807, 2.05) is 13.8 Å². The van der Waals surface area contributed by atoms with Crippen molar-refractivity contribution in [1.29, 1.82) is 0 Å². The first-order valence-corrected chi connectivity index (χ1v) is 11.9. The summed E-state index contributed by atoms with van der Waals surface area (Å²) in [5.41, 5.74) is 1.88. The summed E-state index contributed by atoms with van der Waals surface area (Å²) in [5, 5.41) is 3.06. The largest absolute Gasteiger partial charge is 0.379 e. The normalized spacial score (nSPS) is 21.5. The van der Waals surface area contributed by atoms with Crippen molar-refractivity contribution < 1.29 is 18.7 Å². The highest BCUT2D eigenvalue weighted by Crippen LogP contribution is 2.28. The number of carbonyl (C=O) groups is 2. The Kier molecular flexibility index (Phi) is 6.21. The molecule has 1 aromatic carbocycles. The Morgan fingerprint density at radius 3 is 2.75 bits per heavy atom. The minimum Gasteiger partial charge on any atom is -0.379 e. The van der Waals surface area contributed by atoms with Gasteiger partial charge in [-0.2, -0.15) is 0 Å². The number of aromatic amines is 1. The van der Waals surface area contributed by atoms with Gasteiger partial charge in [0, 0.05) is 31.7 Å². The molecule has 2 atom stereocenters. The third-order valence-corrected chi connectivity index (χ3v) is 6.97. The van der Waals surface area contributed by atoms with Crippen LogP contribution in [0.2, 0.25) is 0 Å². The molecule has 0 unspecified atom stereocenters. The molecular weight excluding hydrogens is 463 g/mol. The molecule has 2 aliphatic rings. The Bertz CT molecular complexity index is 1300. The number of benzene rings is 1. The fraction of sp³-hybridized carbons (Fsp3) is 0.385. The van der Waals surface area contributed by atoms with Gasteiger partial charge >= 0.3 is 0 Å². The summed E-state index contributed by atoms with van der Waals surface area (Å²) in [6.07, 6.45) is 4.62. The van der Waals surface area contributed by atoms with E-state index in [-0.39, 0.29) is 29.6 Å². The van der Waals surface area contributed by atoms with Crippen LogP contribution in [0.3, 0.4) is 0 Å². The molecule has 5 rings (SSSR count). The number of hydrogen-bond donors (Lipinski definition) is 2. The maximum atomic E-state index is 13.4. The number of rotatable bonds is 5. The van der Waals surface area contributed by atoms with Gasteiger partial charge in [0.15, 0.2) is 5.65 Å². The molecule has 4 heterocycles. The first-order chi connectivity index (χ1) is 17.3. The van der Waals surface area contributed by atoms with Crippen molar-refractivity contribution in [3.63, 3.8) is 0 Å². The zero-order valence-electron chi connectivity index (χ0n) is 20.3. The molecule has 0 radical (unpaired) electrons.